The van der Waals surface area contributed by atoms with Gasteiger partial charge in [-0.2, -0.15) is 9.97 Å². The van der Waals surface area contributed by atoms with Crippen molar-refractivity contribution in [2.45, 2.75) is 51.4 Å². The molecule has 0 N–H and O–H groups in total. The summed E-state index contributed by atoms with van der Waals surface area (Å²) < 4.78 is 4.73. The molecule has 3 heterocycles. The van der Waals surface area contributed by atoms with Gasteiger partial charge < -0.3 is 4.57 Å². The van der Waals surface area contributed by atoms with Crippen LogP contribution in [0, 0.1) is 17.8 Å². The fourth-order valence-electron chi connectivity index (χ4n) is 10.9. The molecule has 4 atom stereocenters. The smallest absolute Gasteiger partial charge is 0.238 e. The highest BCUT2D eigenvalue weighted by atomic mass is 15.2. The second-order valence-electron chi connectivity index (χ2n) is 16.5. The van der Waals surface area contributed by atoms with Crippen molar-refractivity contribution in [1.29, 1.82) is 0 Å². The first-order chi connectivity index (χ1) is 27.0. The molecule has 2 aliphatic rings. The van der Waals surface area contributed by atoms with Crippen LogP contribution in [0.3, 0.4) is 0 Å². The van der Waals surface area contributed by atoms with E-state index in [4.69, 9.17) is 15.0 Å². The summed E-state index contributed by atoms with van der Waals surface area (Å²) in [7, 11) is 0. The molecular weight excluding hydrogens is 671 g/mol. The molecule has 2 aliphatic carbocycles. The minimum absolute atomic E-state index is 0.0898. The minimum Gasteiger partial charge on any atom is -0.308 e. The highest BCUT2D eigenvalue weighted by Gasteiger charge is 2.47. The molecule has 2 bridgehead atoms. The van der Waals surface area contributed by atoms with Crippen molar-refractivity contribution >= 4 is 43.6 Å². The van der Waals surface area contributed by atoms with Gasteiger partial charge in [0.15, 0.2) is 5.82 Å². The molecule has 0 radical (unpaired) electrons. The first kappa shape index (κ1) is 32.4. The van der Waals surface area contributed by atoms with Crippen LogP contribution in [0.2, 0.25) is 0 Å². The van der Waals surface area contributed by atoms with Gasteiger partial charge in [-0.1, -0.05) is 129 Å². The van der Waals surface area contributed by atoms with Crippen molar-refractivity contribution in [3.8, 4) is 34.2 Å². The number of hydrogen-bond acceptors (Lipinski definition) is 3. The molecule has 268 valence electrons. The van der Waals surface area contributed by atoms with Gasteiger partial charge in [-0.25, -0.2) is 4.98 Å². The zero-order chi connectivity index (χ0) is 36.7. The largest absolute Gasteiger partial charge is 0.308 e. The topological polar surface area (TPSA) is 48.5 Å². The summed E-state index contributed by atoms with van der Waals surface area (Å²) >= 11 is 0. The normalized spacial score (nSPS) is 21.2. The maximum atomic E-state index is 5.64. The van der Waals surface area contributed by atoms with E-state index in [2.05, 4.69) is 169 Å². The van der Waals surface area contributed by atoms with Crippen LogP contribution in [0.25, 0.3) is 77.8 Å². The van der Waals surface area contributed by atoms with E-state index in [9.17, 15) is 0 Å². The number of hydrogen-bond donors (Lipinski definition) is 0. The molecule has 55 heavy (non-hydrogen) atoms. The van der Waals surface area contributed by atoms with Crippen molar-refractivity contribution in [2.24, 2.45) is 17.8 Å². The van der Waals surface area contributed by atoms with Gasteiger partial charge in [0.2, 0.25) is 5.95 Å². The van der Waals surface area contributed by atoms with Crippen LogP contribution in [-0.4, -0.2) is 24.1 Å². The summed E-state index contributed by atoms with van der Waals surface area (Å²) in [6.07, 6.45) is 5.96. The lowest BCUT2D eigenvalue weighted by Crippen LogP contribution is -2.43. The molecule has 0 saturated heterocycles. The minimum atomic E-state index is -0.0898. The van der Waals surface area contributed by atoms with E-state index in [0.29, 0.717) is 23.7 Å². The second kappa shape index (κ2) is 12.5. The Bertz CT molecular complexity index is 2840. The van der Waals surface area contributed by atoms with Gasteiger partial charge in [-0.15, -0.1) is 0 Å². The quantitative estimate of drug-likeness (QED) is 0.178. The SMILES string of the molecule is C[C@@H]1C[C@@H]2C[C@H](C)CC(c3nc(-c4ccccc4-n4c5ccccc5c5cccc(-c6ccccc6)c54)nc(-n4c5ccccc5c5ccccc54)n3)(C1)C2. The Morgan fingerprint density at radius 3 is 1.73 bits per heavy atom. The second-order valence-corrected chi connectivity index (χ2v) is 16.5. The lowest BCUT2D eigenvalue weighted by molar-refractivity contribution is 0.0719. The molecule has 11 rings (SSSR count). The molecule has 6 aromatic carbocycles. The van der Waals surface area contributed by atoms with E-state index in [1.807, 2.05) is 0 Å². The number of para-hydroxylation sites is 5. The summed E-state index contributed by atoms with van der Waals surface area (Å²) in [5.41, 5.74) is 8.93. The monoisotopic (exact) mass is 713 g/mol. The van der Waals surface area contributed by atoms with Crippen LogP contribution in [0.4, 0.5) is 0 Å². The van der Waals surface area contributed by atoms with Crippen molar-refractivity contribution < 1.29 is 0 Å². The van der Waals surface area contributed by atoms with Gasteiger partial charge in [0.25, 0.3) is 0 Å². The fraction of sp³-hybridized carbons (Fsp3) is 0.220. The molecular formula is C50H43N5. The third kappa shape index (κ3) is 5.09. The van der Waals surface area contributed by atoms with E-state index < -0.39 is 0 Å². The Kier molecular flexibility index (Phi) is 7.35. The standard InChI is InChI=1S/C50H43N5/c1-32-27-34-28-33(2)30-50(29-32,31-34)48-51-47(52-49(53-48)55-43-24-11-6-17-37(43)38-18-7-12-25-44(38)55)41-20-9-13-26-45(41)54-42-23-10-8-19-39(42)40-22-14-21-36(46(40)54)35-15-4-3-5-16-35/h3-26,32-34H,27-31H2,1-2H3/t32-,33+,34-,50?. The van der Waals surface area contributed by atoms with Gasteiger partial charge in [-0.05, 0) is 85.8 Å². The Balaban J connectivity index is 1.22. The lowest BCUT2D eigenvalue weighted by Gasteiger charge is -2.49. The van der Waals surface area contributed by atoms with Crippen LogP contribution in [0.15, 0.2) is 146 Å². The first-order valence-electron chi connectivity index (χ1n) is 20.0. The van der Waals surface area contributed by atoms with E-state index >= 15 is 0 Å². The highest BCUT2D eigenvalue weighted by Crippen LogP contribution is 2.53. The Hall–Kier alpha value is -6.07. The fourth-order valence-corrected chi connectivity index (χ4v) is 10.9. The molecule has 1 unspecified atom stereocenters. The average molecular weight is 714 g/mol. The molecule has 0 aliphatic heterocycles. The van der Waals surface area contributed by atoms with Gasteiger partial charge in [0.05, 0.1) is 27.8 Å². The number of benzene rings is 6. The van der Waals surface area contributed by atoms with Crippen LogP contribution >= 0.6 is 0 Å². The van der Waals surface area contributed by atoms with Gasteiger partial charge >= 0.3 is 0 Å². The Labute approximate surface area is 321 Å². The Morgan fingerprint density at radius 1 is 0.491 bits per heavy atom. The average Bonchev–Trinajstić information content (AvgIpc) is 3.74. The molecule has 5 nitrogen and oxygen atoms in total. The molecule has 0 spiro atoms. The zero-order valence-corrected chi connectivity index (χ0v) is 31.4. The van der Waals surface area contributed by atoms with Crippen molar-refractivity contribution in [2.75, 3.05) is 0 Å². The summed E-state index contributed by atoms with van der Waals surface area (Å²) in [6, 6.07) is 52.3. The van der Waals surface area contributed by atoms with Crippen LogP contribution < -0.4 is 0 Å². The molecule has 5 heteroatoms. The summed E-state index contributed by atoms with van der Waals surface area (Å²) in [5.74, 6) is 4.34. The number of aromatic nitrogens is 5. The van der Waals surface area contributed by atoms with Crippen LogP contribution in [0.1, 0.15) is 51.8 Å². The van der Waals surface area contributed by atoms with E-state index in [-0.39, 0.29) is 5.41 Å². The van der Waals surface area contributed by atoms with Crippen molar-refractivity contribution in [3.05, 3.63) is 151 Å². The zero-order valence-electron chi connectivity index (χ0n) is 31.4. The molecule has 0 amide bonds. The summed E-state index contributed by atoms with van der Waals surface area (Å²) in [6.45, 7) is 4.88. The molecule has 2 fully saturated rings. The third-order valence-electron chi connectivity index (χ3n) is 12.7. The molecule has 2 saturated carbocycles. The van der Waals surface area contributed by atoms with Crippen LogP contribution in [0.5, 0.6) is 0 Å². The van der Waals surface area contributed by atoms with E-state index in [1.54, 1.807) is 0 Å². The van der Waals surface area contributed by atoms with E-state index in [1.165, 1.54) is 51.0 Å². The predicted molar refractivity (Wildman–Crippen MR) is 226 cm³/mol. The van der Waals surface area contributed by atoms with Gasteiger partial charge in [0, 0.05) is 38.1 Å². The first-order valence-corrected chi connectivity index (χ1v) is 20.0. The van der Waals surface area contributed by atoms with Crippen molar-refractivity contribution in [3.63, 3.8) is 0 Å². The predicted octanol–water partition coefficient (Wildman–Crippen LogP) is 12.5. The Morgan fingerprint density at radius 2 is 1.04 bits per heavy atom. The summed E-state index contributed by atoms with van der Waals surface area (Å²) in [4.78, 5) is 16.7. The number of fused-ring (bicyclic) bond motifs is 8. The molecule has 9 aromatic rings. The maximum absolute atomic E-state index is 5.64. The van der Waals surface area contributed by atoms with Gasteiger partial charge in [0.1, 0.15) is 5.82 Å². The number of rotatable bonds is 5. The summed E-state index contributed by atoms with van der Waals surface area (Å²) in [5, 5.41) is 4.86. The van der Waals surface area contributed by atoms with Crippen LogP contribution in [-0.2, 0) is 5.41 Å². The lowest BCUT2D eigenvalue weighted by atomic mass is 9.56. The molecule has 3 aromatic heterocycles. The highest BCUT2D eigenvalue weighted by molar-refractivity contribution is 6.14. The van der Waals surface area contributed by atoms with Crippen molar-refractivity contribution in [1.82, 2.24) is 24.1 Å². The maximum Gasteiger partial charge on any atom is 0.238 e. The number of nitrogens with zero attached hydrogens (tertiary/aromatic N) is 5. The van der Waals surface area contributed by atoms with E-state index in [0.717, 1.165) is 58.7 Å². The third-order valence-corrected chi connectivity index (χ3v) is 12.7. The van der Waals surface area contributed by atoms with Gasteiger partial charge in [-0.3, -0.25) is 4.57 Å².